The number of aliphatic hydroxyl groups excluding tert-OH is 1. The highest BCUT2D eigenvalue weighted by molar-refractivity contribution is 5.94. The van der Waals surface area contributed by atoms with Crippen molar-refractivity contribution < 1.29 is 19.0 Å². The fourth-order valence-corrected chi connectivity index (χ4v) is 2.24. The Hall–Kier alpha value is -1.42. The van der Waals surface area contributed by atoms with Crippen LogP contribution in [-0.4, -0.2) is 23.1 Å². The monoisotopic (exact) mass is 252 g/mol. The van der Waals surface area contributed by atoms with E-state index in [2.05, 4.69) is 0 Å². The summed E-state index contributed by atoms with van der Waals surface area (Å²) in [4.78, 5) is 11.1. The Morgan fingerprint density at radius 3 is 2.72 bits per heavy atom. The molecule has 2 atom stereocenters. The second-order valence-electron chi connectivity index (χ2n) is 4.71. The Kier molecular flexibility index (Phi) is 3.97. The lowest BCUT2D eigenvalue weighted by molar-refractivity contribution is 0.00671. The first-order valence-electron chi connectivity index (χ1n) is 6.23. The minimum atomic E-state index is -0.578. The Morgan fingerprint density at radius 1 is 1.39 bits per heavy atom. The Bertz CT molecular complexity index is 445. The minimum Gasteiger partial charge on any atom is -0.488 e. The van der Waals surface area contributed by atoms with E-state index in [0.717, 1.165) is 25.7 Å². The first-order valence-corrected chi connectivity index (χ1v) is 6.23. The number of carbonyl (C=O) groups is 1. The fourth-order valence-electron chi connectivity index (χ4n) is 2.24. The molecule has 1 saturated carbocycles. The molecular formula is C14H17FO3. The van der Waals surface area contributed by atoms with Gasteiger partial charge in [-0.2, -0.15) is 0 Å². The molecule has 0 aliphatic heterocycles. The number of benzene rings is 1. The van der Waals surface area contributed by atoms with Crippen molar-refractivity contribution in [2.75, 3.05) is 0 Å². The van der Waals surface area contributed by atoms with Crippen LogP contribution in [0.3, 0.4) is 0 Å². The molecule has 98 valence electrons. The topological polar surface area (TPSA) is 46.5 Å². The Labute approximate surface area is 106 Å². The van der Waals surface area contributed by atoms with Crippen molar-refractivity contribution in [2.45, 2.75) is 44.8 Å². The van der Waals surface area contributed by atoms with Crippen LogP contribution in [0.1, 0.15) is 43.0 Å². The van der Waals surface area contributed by atoms with Gasteiger partial charge in [0.25, 0.3) is 0 Å². The molecule has 2 rings (SSSR count). The second-order valence-corrected chi connectivity index (χ2v) is 4.71. The molecule has 0 spiro atoms. The fraction of sp³-hybridized carbons (Fsp3) is 0.500. The molecule has 0 saturated heterocycles. The SMILES string of the molecule is CC(=O)c1ccc(O[C@H]2CCCC[C@H]2O)cc1F. The van der Waals surface area contributed by atoms with E-state index < -0.39 is 11.9 Å². The summed E-state index contributed by atoms with van der Waals surface area (Å²) >= 11 is 0. The number of rotatable bonds is 3. The van der Waals surface area contributed by atoms with Crippen molar-refractivity contribution in [3.8, 4) is 5.75 Å². The van der Waals surface area contributed by atoms with Crippen LogP contribution < -0.4 is 4.74 Å². The molecule has 0 aromatic heterocycles. The number of ether oxygens (including phenoxy) is 1. The highest BCUT2D eigenvalue weighted by Crippen LogP contribution is 2.25. The van der Waals surface area contributed by atoms with E-state index in [0.29, 0.717) is 5.75 Å². The number of Topliss-reactive ketones (excluding diaryl/α,β-unsaturated/α-hetero) is 1. The van der Waals surface area contributed by atoms with E-state index in [9.17, 15) is 14.3 Å². The second kappa shape index (κ2) is 5.48. The lowest BCUT2D eigenvalue weighted by Gasteiger charge is -2.28. The summed E-state index contributed by atoms with van der Waals surface area (Å²) < 4.78 is 19.2. The molecule has 0 unspecified atom stereocenters. The first-order chi connectivity index (χ1) is 8.58. The van der Waals surface area contributed by atoms with Crippen molar-refractivity contribution in [3.05, 3.63) is 29.6 Å². The smallest absolute Gasteiger partial charge is 0.162 e. The maximum atomic E-state index is 13.6. The standard InChI is InChI=1S/C14H17FO3/c1-9(16)11-7-6-10(8-12(11)15)18-14-5-3-2-4-13(14)17/h6-8,13-14,17H,2-5H2,1H3/t13-,14+/m1/s1. The van der Waals surface area contributed by atoms with Crippen LogP contribution in [-0.2, 0) is 0 Å². The summed E-state index contributed by atoms with van der Waals surface area (Å²) in [6.07, 6.45) is 2.74. The van der Waals surface area contributed by atoms with Gasteiger partial charge in [0.1, 0.15) is 17.7 Å². The third kappa shape index (κ3) is 2.88. The minimum absolute atomic E-state index is 0.0616. The molecule has 0 radical (unpaired) electrons. The van der Waals surface area contributed by atoms with Crippen LogP contribution >= 0.6 is 0 Å². The average Bonchev–Trinajstić information content (AvgIpc) is 2.32. The van der Waals surface area contributed by atoms with E-state index in [1.54, 1.807) is 6.07 Å². The lowest BCUT2D eigenvalue weighted by Crippen LogP contribution is -2.34. The van der Waals surface area contributed by atoms with Gasteiger partial charge in [-0.1, -0.05) is 6.42 Å². The van der Waals surface area contributed by atoms with E-state index in [1.165, 1.54) is 19.1 Å². The first kappa shape index (κ1) is 13.0. The number of ketones is 1. The molecule has 0 bridgehead atoms. The summed E-state index contributed by atoms with van der Waals surface area (Å²) in [6.45, 7) is 1.32. The third-order valence-electron chi connectivity index (χ3n) is 3.27. The number of aliphatic hydroxyl groups is 1. The maximum absolute atomic E-state index is 13.6. The predicted octanol–water partition coefficient (Wildman–Crippen LogP) is 2.71. The van der Waals surface area contributed by atoms with Gasteiger partial charge in [-0.05, 0) is 38.3 Å². The van der Waals surface area contributed by atoms with Gasteiger partial charge in [0.05, 0.1) is 11.7 Å². The number of carbonyl (C=O) groups excluding carboxylic acids is 1. The van der Waals surface area contributed by atoms with Crippen molar-refractivity contribution in [2.24, 2.45) is 0 Å². The van der Waals surface area contributed by atoms with Crippen LogP contribution in [0.4, 0.5) is 4.39 Å². The van der Waals surface area contributed by atoms with Gasteiger partial charge in [0.15, 0.2) is 5.78 Å². The number of hydrogen-bond acceptors (Lipinski definition) is 3. The zero-order valence-corrected chi connectivity index (χ0v) is 10.4. The van der Waals surface area contributed by atoms with Gasteiger partial charge in [-0.3, -0.25) is 4.79 Å². The summed E-state index contributed by atoms with van der Waals surface area (Å²) in [7, 11) is 0. The van der Waals surface area contributed by atoms with Crippen molar-refractivity contribution in [3.63, 3.8) is 0 Å². The lowest BCUT2D eigenvalue weighted by atomic mass is 9.95. The molecule has 1 aromatic carbocycles. The van der Waals surface area contributed by atoms with Gasteiger partial charge in [-0.25, -0.2) is 4.39 Å². The molecular weight excluding hydrogens is 235 g/mol. The molecule has 0 amide bonds. The van der Waals surface area contributed by atoms with Crippen LogP contribution in [0.5, 0.6) is 5.75 Å². The molecule has 1 fully saturated rings. The van der Waals surface area contributed by atoms with Crippen LogP contribution in [0, 0.1) is 5.82 Å². The molecule has 4 heteroatoms. The molecule has 0 heterocycles. The van der Waals surface area contributed by atoms with Crippen molar-refractivity contribution in [1.29, 1.82) is 0 Å². The highest BCUT2D eigenvalue weighted by Gasteiger charge is 2.24. The van der Waals surface area contributed by atoms with Crippen molar-refractivity contribution in [1.82, 2.24) is 0 Å². The van der Waals surface area contributed by atoms with Crippen LogP contribution in [0.25, 0.3) is 0 Å². The van der Waals surface area contributed by atoms with E-state index in [1.807, 2.05) is 0 Å². The van der Waals surface area contributed by atoms with Crippen LogP contribution in [0.2, 0.25) is 0 Å². The van der Waals surface area contributed by atoms with Gasteiger partial charge in [0, 0.05) is 6.07 Å². The predicted molar refractivity (Wildman–Crippen MR) is 65.3 cm³/mol. The molecule has 1 aromatic rings. The molecule has 1 aliphatic carbocycles. The van der Waals surface area contributed by atoms with Gasteiger partial charge in [-0.15, -0.1) is 0 Å². The Balaban J connectivity index is 2.10. The van der Waals surface area contributed by atoms with Crippen molar-refractivity contribution >= 4 is 5.78 Å². The molecule has 3 nitrogen and oxygen atoms in total. The quantitative estimate of drug-likeness (QED) is 0.841. The van der Waals surface area contributed by atoms with E-state index >= 15 is 0 Å². The number of halogens is 1. The number of hydrogen-bond donors (Lipinski definition) is 1. The van der Waals surface area contributed by atoms with Gasteiger partial charge in [0.2, 0.25) is 0 Å². The largest absolute Gasteiger partial charge is 0.488 e. The summed E-state index contributed by atoms with van der Waals surface area (Å²) in [6, 6.07) is 4.20. The Morgan fingerprint density at radius 2 is 2.11 bits per heavy atom. The summed E-state index contributed by atoms with van der Waals surface area (Å²) in [5, 5.41) is 9.77. The zero-order valence-electron chi connectivity index (χ0n) is 10.4. The third-order valence-corrected chi connectivity index (χ3v) is 3.27. The highest BCUT2D eigenvalue weighted by atomic mass is 19.1. The molecule has 1 aliphatic rings. The average molecular weight is 252 g/mol. The van der Waals surface area contributed by atoms with E-state index in [4.69, 9.17) is 4.74 Å². The van der Waals surface area contributed by atoms with E-state index in [-0.39, 0.29) is 17.5 Å². The van der Waals surface area contributed by atoms with Crippen LogP contribution in [0.15, 0.2) is 18.2 Å². The molecule has 1 N–H and O–H groups in total. The van der Waals surface area contributed by atoms with Gasteiger partial charge < -0.3 is 9.84 Å². The molecule has 18 heavy (non-hydrogen) atoms. The summed E-state index contributed by atoms with van der Waals surface area (Å²) in [5.74, 6) is -0.523. The normalized spacial score (nSPS) is 23.7. The van der Waals surface area contributed by atoms with Gasteiger partial charge >= 0.3 is 0 Å². The maximum Gasteiger partial charge on any atom is 0.162 e. The zero-order chi connectivity index (χ0) is 13.1. The summed E-state index contributed by atoms with van der Waals surface area (Å²) in [5.41, 5.74) is 0.0616.